The average Bonchev–Trinajstić information content (AvgIpc) is 3.28. The first-order valence-electron chi connectivity index (χ1n) is 10.5. The van der Waals surface area contributed by atoms with Crippen molar-refractivity contribution in [3.8, 4) is 17.1 Å². The van der Waals surface area contributed by atoms with Gasteiger partial charge in [0.05, 0.1) is 30.4 Å². The van der Waals surface area contributed by atoms with E-state index in [0.29, 0.717) is 40.0 Å². The van der Waals surface area contributed by atoms with E-state index in [1.807, 2.05) is 0 Å². The molecule has 0 saturated heterocycles. The maximum atomic E-state index is 13.2. The number of aromatic nitrogens is 1. The van der Waals surface area contributed by atoms with E-state index in [2.05, 4.69) is 4.98 Å². The molecule has 11 heteroatoms. The average molecular weight is 510 g/mol. The number of hydrazine groups is 1. The normalized spacial score (nSPS) is 12.3. The van der Waals surface area contributed by atoms with Crippen LogP contribution in [0.15, 0.2) is 53.1 Å². The first-order valence-corrected chi connectivity index (χ1v) is 11.1. The van der Waals surface area contributed by atoms with E-state index in [-0.39, 0.29) is 17.9 Å². The van der Waals surface area contributed by atoms with Gasteiger partial charge in [0, 0.05) is 18.4 Å². The van der Waals surface area contributed by atoms with Crippen LogP contribution in [0.25, 0.3) is 11.3 Å². The summed E-state index contributed by atoms with van der Waals surface area (Å²) in [5, 5.41) is 0.462. The van der Waals surface area contributed by atoms with Gasteiger partial charge in [0.15, 0.2) is 11.7 Å². The van der Waals surface area contributed by atoms with Crippen LogP contribution in [-0.2, 0) is 11.0 Å². The van der Waals surface area contributed by atoms with Gasteiger partial charge in [-0.25, -0.2) is 15.8 Å². The second-order valence-corrected chi connectivity index (χ2v) is 8.05. The molecule has 3 rings (SSSR count). The molecule has 35 heavy (non-hydrogen) atoms. The standard InChI is InChI=1S/C24H23ClF3N3O4/c1-14-30-13-21(35-14)19-10-7-16(12-20(19)34-2)22(32)31(29)23(33)18(4-3-11-25)15-5-8-17(9-6-15)24(26,27)28/h5-10,12-13,18H,3-4,11,29H2,1-2H3. The summed E-state index contributed by atoms with van der Waals surface area (Å²) in [5.41, 5.74) is 0.0649. The number of nitrogens with zero attached hydrogens (tertiary/aromatic N) is 2. The van der Waals surface area contributed by atoms with Gasteiger partial charge in [0.1, 0.15) is 5.75 Å². The topological polar surface area (TPSA) is 98.7 Å². The van der Waals surface area contributed by atoms with Gasteiger partial charge in [0.25, 0.3) is 11.8 Å². The number of hydrogen-bond acceptors (Lipinski definition) is 6. The quantitative estimate of drug-likeness (QED) is 0.191. The van der Waals surface area contributed by atoms with Crippen molar-refractivity contribution in [1.29, 1.82) is 0 Å². The van der Waals surface area contributed by atoms with Crippen molar-refractivity contribution in [3.63, 3.8) is 0 Å². The molecule has 2 aromatic carbocycles. The van der Waals surface area contributed by atoms with Crippen molar-refractivity contribution in [2.75, 3.05) is 13.0 Å². The Labute approximate surface area is 204 Å². The molecule has 186 valence electrons. The number of carbonyl (C=O) groups is 2. The number of imide groups is 1. The minimum Gasteiger partial charge on any atom is -0.496 e. The Balaban J connectivity index is 1.87. The molecule has 0 fully saturated rings. The molecular formula is C24H23ClF3N3O4. The van der Waals surface area contributed by atoms with Crippen LogP contribution in [0.1, 0.15) is 46.1 Å². The number of rotatable bonds is 8. The van der Waals surface area contributed by atoms with Crippen molar-refractivity contribution < 1.29 is 31.9 Å². The third kappa shape index (κ3) is 6.01. The first kappa shape index (κ1) is 26.2. The number of aryl methyl sites for hydroxylation is 1. The fraction of sp³-hybridized carbons (Fsp3) is 0.292. The molecule has 0 aliphatic carbocycles. The predicted octanol–water partition coefficient (Wildman–Crippen LogP) is 5.32. The lowest BCUT2D eigenvalue weighted by molar-refractivity contribution is -0.137. The van der Waals surface area contributed by atoms with Crippen molar-refractivity contribution in [2.45, 2.75) is 31.9 Å². The second kappa shape index (κ2) is 10.9. The summed E-state index contributed by atoms with van der Waals surface area (Å²) < 4.78 is 49.6. The zero-order valence-corrected chi connectivity index (χ0v) is 19.7. The van der Waals surface area contributed by atoms with E-state index in [4.69, 9.17) is 26.6 Å². The zero-order chi connectivity index (χ0) is 25.8. The highest BCUT2D eigenvalue weighted by Gasteiger charge is 2.32. The number of oxazole rings is 1. The molecular weight excluding hydrogens is 487 g/mol. The van der Waals surface area contributed by atoms with E-state index in [0.717, 1.165) is 12.1 Å². The van der Waals surface area contributed by atoms with Gasteiger partial charge in [-0.1, -0.05) is 12.1 Å². The number of halogens is 4. The Kier molecular flexibility index (Phi) is 8.18. The monoisotopic (exact) mass is 509 g/mol. The maximum absolute atomic E-state index is 13.2. The minimum absolute atomic E-state index is 0.0706. The zero-order valence-electron chi connectivity index (χ0n) is 18.9. The lowest BCUT2D eigenvalue weighted by Crippen LogP contribution is -2.45. The molecule has 0 spiro atoms. The molecule has 2 amide bonds. The fourth-order valence-corrected chi connectivity index (χ4v) is 3.69. The summed E-state index contributed by atoms with van der Waals surface area (Å²) in [5.74, 6) is 4.77. The Morgan fingerprint density at radius 2 is 1.89 bits per heavy atom. The number of benzene rings is 2. The largest absolute Gasteiger partial charge is 0.496 e. The third-order valence-corrected chi connectivity index (χ3v) is 5.62. The SMILES string of the molecule is COc1cc(C(=O)N(N)C(=O)C(CCCCl)c2ccc(C(F)(F)F)cc2)ccc1-c1cnc(C)o1. The first-order chi connectivity index (χ1) is 16.6. The van der Waals surface area contributed by atoms with E-state index >= 15 is 0 Å². The Morgan fingerprint density at radius 3 is 2.43 bits per heavy atom. The number of hydrogen-bond donors (Lipinski definition) is 1. The van der Waals surface area contributed by atoms with E-state index in [9.17, 15) is 22.8 Å². The molecule has 1 aromatic heterocycles. The van der Waals surface area contributed by atoms with Crippen LogP contribution in [0.2, 0.25) is 0 Å². The van der Waals surface area contributed by atoms with E-state index in [1.165, 1.54) is 37.6 Å². The lowest BCUT2D eigenvalue weighted by atomic mass is 9.92. The van der Waals surface area contributed by atoms with Crippen molar-refractivity contribution in [1.82, 2.24) is 9.99 Å². The smallest absolute Gasteiger partial charge is 0.416 e. The Hall–Kier alpha value is -3.37. The molecule has 7 nitrogen and oxygen atoms in total. The predicted molar refractivity (Wildman–Crippen MR) is 123 cm³/mol. The summed E-state index contributed by atoms with van der Waals surface area (Å²) in [6.45, 7) is 1.68. The molecule has 1 atom stereocenters. The molecule has 1 heterocycles. The maximum Gasteiger partial charge on any atom is 0.416 e. The fourth-order valence-electron chi connectivity index (χ4n) is 3.54. The molecule has 0 bridgehead atoms. The molecule has 0 saturated carbocycles. The number of alkyl halides is 4. The van der Waals surface area contributed by atoms with Crippen LogP contribution in [-0.4, -0.2) is 34.8 Å². The summed E-state index contributed by atoms with van der Waals surface area (Å²) >= 11 is 5.76. The number of nitrogens with two attached hydrogens (primary N) is 1. The lowest BCUT2D eigenvalue weighted by Gasteiger charge is -2.23. The summed E-state index contributed by atoms with van der Waals surface area (Å²) in [4.78, 5) is 30.2. The summed E-state index contributed by atoms with van der Waals surface area (Å²) in [6, 6.07) is 8.61. The van der Waals surface area contributed by atoms with Crippen molar-refractivity contribution in [3.05, 3.63) is 71.2 Å². The molecule has 2 N–H and O–H groups in total. The molecule has 0 aliphatic rings. The van der Waals surface area contributed by atoms with Gasteiger partial charge >= 0.3 is 6.18 Å². The number of carbonyl (C=O) groups excluding carboxylic acids is 2. The van der Waals surface area contributed by atoms with Gasteiger partial charge in [-0.2, -0.15) is 13.2 Å². The number of ether oxygens (including phenoxy) is 1. The molecule has 3 aromatic rings. The summed E-state index contributed by atoms with van der Waals surface area (Å²) in [6.07, 6.45) is -2.42. The van der Waals surface area contributed by atoms with Crippen LogP contribution in [0.5, 0.6) is 5.75 Å². The van der Waals surface area contributed by atoms with Gasteiger partial charge in [-0.15, -0.1) is 11.6 Å². The van der Waals surface area contributed by atoms with Crippen LogP contribution in [0, 0.1) is 6.92 Å². The number of amides is 2. The molecule has 0 radical (unpaired) electrons. The molecule has 1 unspecified atom stereocenters. The van der Waals surface area contributed by atoms with Crippen LogP contribution < -0.4 is 10.6 Å². The van der Waals surface area contributed by atoms with Gasteiger partial charge in [-0.05, 0) is 48.7 Å². The second-order valence-electron chi connectivity index (χ2n) is 7.68. The highest BCUT2D eigenvalue weighted by atomic mass is 35.5. The third-order valence-electron chi connectivity index (χ3n) is 5.36. The summed E-state index contributed by atoms with van der Waals surface area (Å²) in [7, 11) is 1.41. The van der Waals surface area contributed by atoms with Crippen molar-refractivity contribution >= 4 is 23.4 Å². The highest BCUT2D eigenvalue weighted by molar-refractivity contribution is 6.17. The van der Waals surface area contributed by atoms with Gasteiger partial charge in [0.2, 0.25) is 0 Å². The van der Waals surface area contributed by atoms with Crippen molar-refractivity contribution in [2.24, 2.45) is 5.84 Å². The van der Waals surface area contributed by atoms with E-state index in [1.54, 1.807) is 13.0 Å². The minimum atomic E-state index is -4.51. The highest BCUT2D eigenvalue weighted by Crippen LogP contribution is 2.33. The van der Waals surface area contributed by atoms with Crippen LogP contribution in [0.3, 0.4) is 0 Å². The van der Waals surface area contributed by atoms with Crippen LogP contribution in [0.4, 0.5) is 13.2 Å². The number of methoxy groups -OCH3 is 1. The van der Waals surface area contributed by atoms with Gasteiger partial charge in [-0.3, -0.25) is 9.59 Å². The van der Waals surface area contributed by atoms with Crippen LogP contribution >= 0.6 is 11.6 Å². The van der Waals surface area contributed by atoms with E-state index < -0.39 is 29.5 Å². The Morgan fingerprint density at radius 1 is 1.20 bits per heavy atom. The molecule has 0 aliphatic heterocycles. The van der Waals surface area contributed by atoms with Gasteiger partial charge < -0.3 is 9.15 Å². The Bertz CT molecular complexity index is 1200.